The number of unbranched alkanes of at least 4 members (excludes halogenated alkanes) is 16. The number of aromatic nitrogens is 2. The molecule has 1 saturated heterocycles. The number of esters is 2. The molecule has 366 valence electrons. The van der Waals surface area contributed by atoms with Gasteiger partial charge in [0.2, 0.25) is 0 Å². The lowest BCUT2D eigenvalue weighted by molar-refractivity contribution is -0.161. The second kappa shape index (κ2) is 31.6. The second-order valence-corrected chi connectivity index (χ2v) is 20.4. The van der Waals surface area contributed by atoms with Crippen LogP contribution in [0.3, 0.4) is 0 Å². The Morgan fingerprint density at radius 1 is 0.762 bits per heavy atom. The Morgan fingerprint density at radius 3 is 1.81 bits per heavy atom. The van der Waals surface area contributed by atoms with E-state index >= 15 is 0 Å². The van der Waals surface area contributed by atoms with Crippen molar-refractivity contribution in [1.29, 1.82) is 0 Å². The Bertz CT molecular complexity index is 1580. The van der Waals surface area contributed by atoms with Crippen LogP contribution in [-0.2, 0) is 46.3 Å². The van der Waals surface area contributed by atoms with Gasteiger partial charge in [-0.1, -0.05) is 150 Å². The molecule has 1 aromatic rings. The van der Waals surface area contributed by atoms with Crippen LogP contribution in [0.25, 0.3) is 0 Å². The Balaban J connectivity index is 1.83. The summed E-state index contributed by atoms with van der Waals surface area (Å²) in [6.07, 6.45) is 16.5. The van der Waals surface area contributed by atoms with Crippen molar-refractivity contribution in [2.45, 2.75) is 206 Å². The van der Waals surface area contributed by atoms with E-state index in [9.17, 15) is 43.5 Å². The van der Waals surface area contributed by atoms with Gasteiger partial charge >= 0.3 is 33.3 Å². The van der Waals surface area contributed by atoms with Crippen LogP contribution in [0.2, 0.25) is 0 Å². The summed E-state index contributed by atoms with van der Waals surface area (Å²) in [7, 11) is -10.8. The first-order chi connectivity index (χ1) is 29.9. The van der Waals surface area contributed by atoms with E-state index < -0.39 is 83.7 Å². The van der Waals surface area contributed by atoms with Gasteiger partial charge in [-0.25, -0.2) is 13.9 Å². The summed E-state index contributed by atoms with van der Waals surface area (Å²) in [5, 5.41) is 20.9. The number of carbonyl (C=O) groups excluding carboxylic acids is 2. The molecule has 1 fully saturated rings. The number of nitrogen functional groups attached to an aromatic ring is 1. The van der Waals surface area contributed by atoms with E-state index in [0.29, 0.717) is 12.8 Å². The molecule has 0 spiro atoms. The molecule has 1 aliphatic rings. The van der Waals surface area contributed by atoms with E-state index in [0.717, 1.165) is 67.8 Å². The molecule has 2 rings (SSSR count). The number of rotatable bonds is 37. The van der Waals surface area contributed by atoms with Crippen molar-refractivity contribution in [2.75, 3.05) is 25.6 Å². The predicted molar refractivity (Wildman–Crippen MR) is 238 cm³/mol. The van der Waals surface area contributed by atoms with E-state index in [1.54, 1.807) is 0 Å². The van der Waals surface area contributed by atoms with Crippen LogP contribution >= 0.6 is 15.6 Å². The number of hydrogen-bond donors (Lipinski definition) is 5. The maximum atomic E-state index is 12.8. The Hall–Kier alpha value is -2.24. The molecule has 63 heavy (non-hydrogen) atoms. The van der Waals surface area contributed by atoms with Crippen molar-refractivity contribution >= 4 is 33.4 Å². The number of phosphoric acid groups is 2. The molecule has 0 amide bonds. The summed E-state index contributed by atoms with van der Waals surface area (Å²) in [6.45, 7) is 6.71. The number of carbonyl (C=O) groups is 2. The highest BCUT2D eigenvalue weighted by atomic mass is 31.3. The number of aliphatic hydroxyl groups is 2. The minimum atomic E-state index is -5.41. The van der Waals surface area contributed by atoms with Crippen LogP contribution < -0.4 is 11.4 Å². The summed E-state index contributed by atoms with van der Waals surface area (Å²) in [5.41, 5.74) is 4.58. The van der Waals surface area contributed by atoms with Crippen molar-refractivity contribution in [3.63, 3.8) is 0 Å². The molecule has 0 bridgehead atoms. The number of hydrogen-bond acceptors (Lipinski definition) is 15. The minimum absolute atomic E-state index is 0.0541. The zero-order valence-corrected chi connectivity index (χ0v) is 40.0. The highest BCUT2D eigenvalue weighted by Crippen LogP contribution is 2.60. The molecule has 8 atom stereocenters. The minimum Gasteiger partial charge on any atom is -0.462 e. The average molecular weight is 940 g/mol. The van der Waals surface area contributed by atoms with E-state index in [-0.39, 0.29) is 18.7 Å². The van der Waals surface area contributed by atoms with Gasteiger partial charge in [0.05, 0.1) is 13.2 Å². The molecule has 6 N–H and O–H groups in total. The van der Waals surface area contributed by atoms with E-state index in [1.165, 1.54) is 82.9 Å². The standard InChI is InChI=1S/C43H79N3O15P2/c1-5-34(4)25-21-17-13-10-11-15-19-23-27-39(48)59-35(30-56-38(47)26-22-18-14-9-7-6-8-12-16-20-24-33(2)3)31-57-62(52,53)61-63(54,55)58-32-36-40(49)41(50)42(60-36)46-29-28-37(44)45-43(46)51/h28-29,33-36,40-42,49-50H,5-27,30-32H2,1-4H3,(H,52,53)(H,54,55)(H2,44,45,51)/t34?,35-,36-,40+,41?,42-/m1/s1. The number of aliphatic hydroxyl groups excluding tert-OH is 2. The van der Waals surface area contributed by atoms with Gasteiger partial charge < -0.3 is 39.9 Å². The molecule has 0 aliphatic carbocycles. The second-order valence-electron chi connectivity index (χ2n) is 17.3. The first kappa shape index (κ1) is 56.9. The van der Waals surface area contributed by atoms with Crippen LogP contribution in [0.4, 0.5) is 5.82 Å². The fourth-order valence-corrected chi connectivity index (χ4v) is 9.23. The largest absolute Gasteiger partial charge is 0.481 e. The number of nitrogens with zero attached hydrogens (tertiary/aromatic N) is 2. The van der Waals surface area contributed by atoms with Gasteiger partial charge in [-0.15, -0.1) is 0 Å². The lowest BCUT2D eigenvalue weighted by Crippen LogP contribution is -2.36. The first-order valence-corrected chi connectivity index (χ1v) is 26.3. The topological polar surface area (TPSA) is 265 Å². The fourth-order valence-electron chi connectivity index (χ4n) is 7.12. The summed E-state index contributed by atoms with van der Waals surface area (Å²) < 4.78 is 56.6. The molecule has 20 heteroatoms. The number of phosphoric ester groups is 2. The zero-order valence-electron chi connectivity index (χ0n) is 38.2. The van der Waals surface area contributed by atoms with Gasteiger partial charge in [0.1, 0.15) is 30.7 Å². The third kappa shape index (κ3) is 25.9. The SMILES string of the molecule is CCC(C)CCCCCCCCCCC(=O)O[C@H](COC(=O)CCCCCCCCCCCCC(C)C)COP(=O)(O)OP(=O)(O)OC[C@H]1O[C@@H](n2ccc(N)nc2=O)C(O)[C@H]1O. The maximum absolute atomic E-state index is 12.8. The van der Waals surface area contributed by atoms with E-state index in [4.69, 9.17) is 29.0 Å². The molecule has 0 saturated carbocycles. The Kier molecular flexibility index (Phi) is 28.6. The van der Waals surface area contributed by atoms with Gasteiger partial charge in [-0.3, -0.25) is 23.2 Å². The molecule has 0 radical (unpaired) electrons. The summed E-state index contributed by atoms with van der Waals surface area (Å²) in [6, 6.07) is 1.25. The summed E-state index contributed by atoms with van der Waals surface area (Å²) in [4.78, 5) is 61.7. The lowest BCUT2D eigenvalue weighted by Gasteiger charge is -2.21. The molecular weight excluding hydrogens is 860 g/mol. The van der Waals surface area contributed by atoms with Crippen LogP contribution in [0.1, 0.15) is 182 Å². The Labute approximate surface area is 374 Å². The third-order valence-electron chi connectivity index (χ3n) is 11.2. The van der Waals surface area contributed by atoms with Crippen LogP contribution in [0.15, 0.2) is 17.1 Å². The van der Waals surface area contributed by atoms with Crippen LogP contribution in [-0.4, -0.2) is 85.7 Å². The predicted octanol–water partition coefficient (Wildman–Crippen LogP) is 8.43. The molecule has 0 aromatic carbocycles. The number of nitrogens with two attached hydrogens (primary N) is 1. The van der Waals surface area contributed by atoms with Crippen LogP contribution in [0.5, 0.6) is 0 Å². The third-order valence-corrected chi connectivity index (χ3v) is 13.8. The van der Waals surface area contributed by atoms with E-state index in [1.807, 2.05) is 0 Å². The van der Waals surface area contributed by atoms with Gasteiger partial charge in [0.15, 0.2) is 12.3 Å². The maximum Gasteiger partial charge on any atom is 0.481 e. The monoisotopic (exact) mass is 939 g/mol. The highest BCUT2D eigenvalue weighted by molar-refractivity contribution is 7.61. The zero-order chi connectivity index (χ0) is 46.7. The van der Waals surface area contributed by atoms with Gasteiger partial charge in [0, 0.05) is 19.0 Å². The molecule has 2 heterocycles. The van der Waals surface area contributed by atoms with Crippen molar-refractivity contribution in [1.82, 2.24) is 9.55 Å². The summed E-state index contributed by atoms with van der Waals surface area (Å²) in [5.74, 6) is 0.233. The van der Waals surface area contributed by atoms with Crippen molar-refractivity contribution < 1.29 is 66.3 Å². The molecule has 1 aromatic heterocycles. The van der Waals surface area contributed by atoms with Gasteiger partial charge in [-0.2, -0.15) is 9.29 Å². The van der Waals surface area contributed by atoms with Gasteiger partial charge in [0.25, 0.3) is 0 Å². The van der Waals surface area contributed by atoms with Crippen molar-refractivity contribution in [2.24, 2.45) is 11.8 Å². The van der Waals surface area contributed by atoms with Crippen molar-refractivity contribution in [3.05, 3.63) is 22.7 Å². The number of anilines is 1. The molecule has 1 aliphatic heterocycles. The normalized spacial score (nSPS) is 20.6. The highest BCUT2D eigenvalue weighted by Gasteiger charge is 2.46. The molecular formula is C43H79N3O15P2. The molecule has 4 unspecified atom stereocenters. The molecule has 18 nitrogen and oxygen atoms in total. The van der Waals surface area contributed by atoms with Crippen molar-refractivity contribution in [3.8, 4) is 0 Å². The van der Waals surface area contributed by atoms with Gasteiger partial charge in [-0.05, 0) is 30.7 Å². The Morgan fingerprint density at radius 2 is 1.27 bits per heavy atom. The smallest absolute Gasteiger partial charge is 0.462 e. The lowest BCUT2D eigenvalue weighted by atomic mass is 9.99. The average Bonchev–Trinajstić information content (AvgIpc) is 3.50. The fraction of sp³-hybridized carbons (Fsp3) is 0.860. The van der Waals surface area contributed by atoms with E-state index in [2.05, 4.69) is 37.0 Å². The van der Waals surface area contributed by atoms with Crippen LogP contribution in [0, 0.1) is 11.8 Å². The number of ether oxygens (including phenoxy) is 3. The quantitative estimate of drug-likeness (QED) is 0.0238. The summed E-state index contributed by atoms with van der Waals surface area (Å²) >= 11 is 0. The first-order valence-electron chi connectivity index (χ1n) is 23.3.